The van der Waals surface area contributed by atoms with Crippen molar-refractivity contribution in [3.05, 3.63) is 27.7 Å². The third-order valence-electron chi connectivity index (χ3n) is 6.33. The number of rotatable bonds is 6. The number of unbranched alkanes of at least 4 members (excludes halogenated alkanes) is 1. The molecular weight excluding hydrogens is 360 g/mol. The van der Waals surface area contributed by atoms with Gasteiger partial charge in [0.15, 0.2) is 11.4 Å². The van der Waals surface area contributed by atoms with E-state index in [2.05, 4.69) is 0 Å². The average Bonchev–Trinajstić information content (AvgIpc) is 2.93. The molecule has 1 aromatic heterocycles. The first-order valence-electron chi connectivity index (χ1n) is 10.4. The third-order valence-corrected chi connectivity index (χ3v) is 6.33. The van der Waals surface area contributed by atoms with Crippen LogP contribution in [0.2, 0.25) is 0 Å². The van der Waals surface area contributed by atoms with E-state index < -0.39 is 11.4 Å². The molecule has 0 N–H and O–H groups in total. The summed E-state index contributed by atoms with van der Waals surface area (Å²) in [5.41, 5.74) is -0.519. The minimum Gasteiger partial charge on any atom is -0.487 e. The van der Waals surface area contributed by atoms with Gasteiger partial charge in [0.05, 0.1) is 18.8 Å². The number of amides is 1. The third kappa shape index (κ3) is 2.91. The molecule has 0 unspecified atom stereocenters. The highest BCUT2D eigenvalue weighted by atomic mass is 16.5. The zero-order chi connectivity index (χ0) is 19.9. The fourth-order valence-corrected chi connectivity index (χ4v) is 5.08. The number of aromatic nitrogens is 1. The number of pyridine rings is 1. The normalized spacial score (nSPS) is 25.3. The van der Waals surface area contributed by atoms with E-state index in [1.165, 1.54) is 6.20 Å². The Balaban J connectivity index is 1.82. The number of hydrogen-bond acceptors (Lipinski definition) is 5. The molecule has 1 aromatic rings. The van der Waals surface area contributed by atoms with Crippen LogP contribution in [0, 0.1) is 5.92 Å². The molecule has 2 aliphatic heterocycles. The minimum absolute atomic E-state index is 0.000278. The van der Waals surface area contributed by atoms with Crippen LogP contribution in [0.15, 0.2) is 11.0 Å². The van der Waals surface area contributed by atoms with Gasteiger partial charge in [-0.15, -0.1) is 0 Å². The van der Waals surface area contributed by atoms with Gasteiger partial charge in [-0.1, -0.05) is 19.8 Å². The summed E-state index contributed by atoms with van der Waals surface area (Å²) in [5.74, 6) is -0.285. The predicted octanol–water partition coefficient (Wildman–Crippen LogP) is 2.60. The van der Waals surface area contributed by atoms with Crippen LogP contribution in [-0.4, -0.2) is 46.6 Å². The van der Waals surface area contributed by atoms with Crippen LogP contribution in [0.5, 0.6) is 5.75 Å². The molecule has 7 heteroatoms. The summed E-state index contributed by atoms with van der Waals surface area (Å²) < 4.78 is 12.6. The molecular formula is C21H28N2O5. The molecule has 0 aromatic carbocycles. The second kappa shape index (κ2) is 7.26. The summed E-state index contributed by atoms with van der Waals surface area (Å²) in [6.45, 7) is 5.60. The van der Waals surface area contributed by atoms with Gasteiger partial charge < -0.3 is 18.9 Å². The Kier molecular flexibility index (Phi) is 4.93. The fourth-order valence-electron chi connectivity index (χ4n) is 5.08. The van der Waals surface area contributed by atoms with Crippen LogP contribution in [0.1, 0.15) is 73.2 Å². The molecule has 4 rings (SSSR count). The topological polar surface area (TPSA) is 77.8 Å². The van der Waals surface area contributed by atoms with E-state index in [0.29, 0.717) is 19.1 Å². The molecule has 1 spiro atoms. The Morgan fingerprint density at radius 3 is 2.89 bits per heavy atom. The molecule has 152 valence electrons. The highest BCUT2D eigenvalue weighted by molar-refractivity contribution is 5.98. The van der Waals surface area contributed by atoms with Crippen LogP contribution >= 0.6 is 0 Å². The van der Waals surface area contributed by atoms with Gasteiger partial charge in [0.1, 0.15) is 5.56 Å². The second-order valence-electron chi connectivity index (χ2n) is 8.20. The fraction of sp³-hybridized carbons (Fsp3) is 0.667. The molecule has 2 fully saturated rings. The van der Waals surface area contributed by atoms with Gasteiger partial charge in [-0.05, 0) is 38.5 Å². The Labute approximate surface area is 164 Å². The van der Waals surface area contributed by atoms with Crippen LogP contribution in [-0.2, 0) is 11.3 Å². The zero-order valence-electron chi connectivity index (χ0n) is 16.7. The van der Waals surface area contributed by atoms with E-state index in [-0.39, 0.29) is 35.1 Å². The Morgan fingerprint density at radius 2 is 2.14 bits per heavy atom. The lowest BCUT2D eigenvalue weighted by atomic mass is 9.79. The van der Waals surface area contributed by atoms with Gasteiger partial charge in [-0.25, -0.2) is 4.79 Å². The maximum atomic E-state index is 13.4. The number of carbonyl (C=O) groups excluding carboxylic acids is 2. The van der Waals surface area contributed by atoms with E-state index in [0.717, 1.165) is 45.1 Å². The van der Waals surface area contributed by atoms with Crippen molar-refractivity contribution < 1.29 is 19.1 Å². The van der Waals surface area contributed by atoms with Crippen molar-refractivity contribution >= 4 is 11.9 Å². The lowest BCUT2D eigenvalue weighted by Gasteiger charge is -2.44. The van der Waals surface area contributed by atoms with Gasteiger partial charge in [0.25, 0.3) is 5.91 Å². The van der Waals surface area contributed by atoms with E-state index in [9.17, 15) is 14.4 Å². The molecule has 1 aliphatic carbocycles. The summed E-state index contributed by atoms with van der Waals surface area (Å²) in [4.78, 5) is 40.8. The second-order valence-corrected chi connectivity index (χ2v) is 8.20. The monoisotopic (exact) mass is 388 g/mol. The first kappa shape index (κ1) is 19.0. The van der Waals surface area contributed by atoms with Crippen LogP contribution in [0.4, 0.5) is 0 Å². The minimum atomic E-state index is -0.663. The number of hydrogen-bond donors (Lipinski definition) is 0. The van der Waals surface area contributed by atoms with Crippen molar-refractivity contribution in [2.45, 2.75) is 64.5 Å². The SMILES string of the molecule is CCCCOc1c2n(cc(C(=O)OCC)c1=O)C[C@]13CCC[C@H](CN1C2=O)C3. The lowest BCUT2D eigenvalue weighted by Crippen LogP contribution is -2.55. The zero-order valence-corrected chi connectivity index (χ0v) is 16.7. The van der Waals surface area contributed by atoms with Gasteiger partial charge in [-0.3, -0.25) is 9.59 Å². The summed E-state index contributed by atoms with van der Waals surface area (Å²) in [6, 6.07) is 0. The van der Waals surface area contributed by atoms with Crippen molar-refractivity contribution in [3.8, 4) is 5.75 Å². The molecule has 1 saturated carbocycles. The predicted molar refractivity (Wildman–Crippen MR) is 103 cm³/mol. The number of fused-ring (bicyclic) bond motifs is 2. The lowest BCUT2D eigenvalue weighted by molar-refractivity contribution is 0.0408. The highest BCUT2D eigenvalue weighted by Gasteiger charge is 2.54. The maximum absolute atomic E-state index is 13.4. The summed E-state index contributed by atoms with van der Waals surface area (Å²) >= 11 is 0. The van der Waals surface area contributed by atoms with Crippen molar-refractivity contribution in [3.63, 3.8) is 0 Å². The quantitative estimate of drug-likeness (QED) is 0.553. The maximum Gasteiger partial charge on any atom is 0.343 e. The Hall–Kier alpha value is -2.31. The standard InChI is InChI=1S/C21H28N2O5/c1-3-5-9-28-18-16-19(25)23-11-14-7-6-8-21(23,10-14)13-22(16)12-15(17(18)24)20(26)27-4-2/h12,14H,3-11,13H2,1-2H3/t14-,21+/m0/s1. The molecule has 2 atom stereocenters. The van der Waals surface area contributed by atoms with E-state index in [1.54, 1.807) is 11.5 Å². The van der Waals surface area contributed by atoms with Crippen molar-refractivity contribution in [1.82, 2.24) is 9.47 Å². The van der Waals surface area contributed by atoms with Crippen LogP contribution in [0.3, 0.4) is 0 Å². The summed E-state index contributed by atoms with van der Waals surface area (Å²) in [5, 5.41) is 0. The van der Waals surface area contributed by atoms with Gasteiger partial charge >= 0.3 is 5.97 Å². The van der Waals surface area contributed by atoms with E-state index >= 15 is 0 Å². The first-order valence-corrected chi connectivity index (χ1v) is 10.4. The van der Waals surface area contributed by atoms with Crippen molar-refractivity contribution in [2.24, 2.45) is 5.92 Å². The molecule has 1 saturated heterocycles. The molecule has 3 aliphatic rings. The largest absolute Gasteiger partial charge is 0.487 e. The summed E-state index contributed by atoms with van der Waals surface area (Å²) in [6.07, 6.45) is 7.39. The van der Waals surface area contributed by atoms with Gasteiger partial charge in [0, 0.05) is 19.3 Å². The summed E-state index contributed by atoms with van der Waals surface area (Å²) in [7, 11) is 0. The molecule has 7 nitrogen and oxygen atoms in total. The van der Waals surface area contributed by atoms with Crippen LogP contribution in [0.25, 0.3) is 0 Å². The van der Waals surface area contributed by atoms with Gasteiger partial charge in [-0.2, -0.15) is 0 Å². The molecule has 1 amide bonds. The number of ether oxygens (including phenoxy) is 2. The van der Waals surface area contributed by atoms with E-state index in [1.807, 2.05) is 11.8 Å². The highest BCUT2D eigenvalue weighted by Crippen LogP contribution is 2.48. The Morgan fingerprint density at radius 1 is 1.32 bits per heavy atom. The average molecular weight is 388 g/mol. The van der Waals surface area contributed by atoms with E-state index in [4.69, 9.17) is 9.47 Å². The number of esters is 1. The van der Waals surface area contributed by atoms with Crippen LogP contribution < -0.4 is 10.2 Å². The van der Waals surface area contributed by atoms with Gasteiger partial charge in [0.2, 0.25) is 5.43 Å². The van der Waals surface area contributed by atoms with Crippen molar-refractivity contribution in [2.75, 3.05) is 19.8 Å². The first-order chi connectivity index (χ1) is 13.5. The number of nitrogens with zero attached hydrogens (tertiary/aromatic N) is 2. The van der Waals surface area contributed by atoms with Crippen molar-refractivity contribution in [1.29, 1.82) is 0 Å². The smallest absolute Gasteiger partial charge is 0.343 e. The number of carbonyl (C=O) groups is 2. The Bertz CT molecular complexity index is 861. The molecule has 3 heterocycles. The molecule has 0 radical (unpaired) electrons. The molecule has 2 bridgehead atoms. The molecule has 28 heavy (non-hydrogen) atoms.